The molecule has 2 heterocycles. The molecule has 0 saturated carbocycles. The molecule has 9 heteroatoms. The number of pyridine rings is 2. The van der Waals surface area contributed by atoms with Gasteiger partial charge in [-0.1, -0.05) is 11.6 Å². The quantitative estimate of drug-likeness (QED) is 0.458. The van der Waals surface area contributed by atoms with Crippen LogP contribution in [0, 0.1) is 15.9 Å². The van der Waals surface area contributed by atoms with Crippen molar-refractivity contribution in [2.75, 3.05) is 0 Å². The van der Waals surface area contributed by atoms with Crippen molar-refractivity contribution in [3.63, 3.8) is 0 Å². The van der Waals surface area contributed by atoms with E-state index in [1.54, 1.807) is 0 Å². The molecule has 0 bridgehead atoms. The molecule has 0 unspecified atom stereocenters. The van der Waals surface area contributed by atoms with Gasteiger partial charge >= 0.3 is 5.69 Å². The Bertz CT molecular complexity index is 648. The topological polar surface area (TPSA) is 109 Å². The maximum atomic E-state index is 13.1. The van der Waals surface area contributed by atoms with Gasteiger partial charge in [-0.25, -0.2) is 9.37 Å². The minimum atomic E-state index is -1.04. The molecule has 0 aliphatic rings. The molecule has 2 rings (SSSR count). The smallest absolute Gasteiger partial charge is 0.372 e. The monoisotopic (exact) mass is 259 g/mol. The molecule has 2 N–H and O–H groups in total. The van der Waals surface area contributed by atoms with E-state index in [0.717, 1.165) is 6.07 Å². The summed E-state index contributed by atoms with van der Waals surface area (Å²) in [7, 11) is 0. The van der Waals surface area contributed by atoms with E-state index in [1.807, 2.05) is 0 Å². The molecule has 0 amide bonds. The van der Waals surface area contributed by atoms with Gasteiger partial charge in [0, 0.05) is 0 Å². The number of fused-ring (bicyclic) bond motifs is 1. The molecule has 0 spiro atoms. The lowest BCUT2D eigenvalue weighted by atomic mass is 10.2. The van der Waals surface area contributed by atoms with Crippen molar-refractivity contribution >= 4 is 28.3 Å². The average molecular weight is 260 g/mol. The summed E-state index contributed by atoms with van der Waals surface area (Å²) in [6, 6.07) is 0.749. The van der Waals surface area contributed by atoms with Crippen molar-refractivity contribution in [2.24, 2.45) is 0 Å². The van der Waals surface area contributed by atoms with Crippen LogP contribution in [0.4, 0.5) is 10.1 Å². The van der Waals surface area contributed by atoms with Gasteiger partial charge in [0.1, 0.15) is 0 Å². The zero-order valence-corrected chi connectivity index (χ0v) is 8.64. The van der Waals surface area contributed by atoms with Crippen molar-refractivity contribution in [2.45, 2.75) is 0 Å². The van der Waals surface area contributed by atoms with E-state index < -0.39 is 33.2 Å². The Morgan fingerprint density at radius 2 is 2.06 bits per heavy atom. The summed E-state index contributed by atoms with van der Waals surface area (Å²) in [6.45, 7) is 0. The standard InChI is InChI=1S/C8H3ClFN3O4/c9-6-3(10)1-2-5(14)4(13(16)17)8(15)12-7(2)11-6/h1H,(H2,11,12,14,15). The fourth-order valence-electron chi connectivity index (χ4n) is 1.27. The van der Waals surface area contributed by atoms with Gasteiger partial charge in [-0.3, -0.25) is 10.1 Å². The Balaban J connectivity index is 2.92. The number of nitrogens with zero attached hydrogens (tertiary/aromatic N) is 3. The number of rotatable bonds is 1. The van der Waals surface area contributed by atoms with Gasteiger partial charge < -0.3 is 10.2 Å². The molecule has 2 aromatic rings. The van der Waals surface area contributed by atoms with Crippen LogP contribution in [0.15, 0.2) is 6.07 Å². The van der Waals surface area contributed by atoms with Crippen LogP contribution in [0.3, 0.4) is 0 Å². The van der Waals surface area contributed by atoms with Crippen LogP contribution >= 0.6 is 11.6 Å². The van der Waals surface area contributed by atoms with Crippen molar-refractivity contribution in [3.8, 4) is 11.6 Å². The van der Waals surface area contributed by atoms with E-state index in [9.17, 15) is 24.7 Å². The minimum absolute atomic E-state index is 0.294. The summed E-state index contributed by atoms with van der Waals surface area (Å²) < 4.78 is 13.1. The fourth-order valence-corrected chi connectivity index (χ4v) is 1.41. The number of hydrogen-bond acceptors (Lipinski definition) is 6. The van der Waals surface area contributed by atoms with Crippen LogP contribution in [0.25, 0.3) is 11.0 Å². The Labute approximate surface area is 97.3 Å². The molecule has 0 atom stereocenters. The highest BCUT2D eigenvalue weighted by Gasteiger charge is 2.25. The first-order valence-corrected chi connectivity index (χ1v) is 4.51. The van der Waals surface area contributed by atoms with Gasteiger partial charge in [0.2, 0.25) is 5.75 Å². The Hall–Kier alpha value is -2.22. The zero-order chi connectivity index (χ0) is 12.7. The maximum absolute atomic E-state index is 13.1. The van der Waals surface area contributed by atoms with Crippen LogP contribution in [0.5, 0.6) is 11.6 Å². The number of hydrogen-bond donors (Lipinski definition) is 2. The van der Waals surface area contributed by atoms with E-state index in [2.05, 4.69) is 9.97 Å². The second-order valence-corrected chi connectivity index (χ2v) is 3.38. The van der Waals surface area contributed by atoms with E-state index in [-0.39, 0.29) is 11.0 Å². The van der Waals surface area contributed by atoms with Gasteiger partial charge in [0.15, 0.2) is 16.6 Å². The molecule has 17 heavy (non-hydrogen) atoms. The highest BCUT2D eigenvalue weighted by Crippen LogP contribution is 2.39. The van der Waals surface area contributed by atoms with Crippen molar-refractivity contribution < 1.29 is 19.5 Å². The van der Waals surface area contributed by atoms with Crippen molar-refractivity contribution in [1.29, 1.82) is 0 Å². The van der Waals surface area contributed by atoms with Crippen molar-refractivity contribution in [3.05, 3.63) is 27.2 Å². The van der Waals surface area contributed by atoms with Crippen molar-refractivity contribution in [1.82, 2.24) is 9.97 Å². The van der Waals surface area contributed by atoms with E-state index >= 15 is 0 Å². The predicted molar refractivity (Wildman–Crippen MR) is 54.5 cm³/mol. The molecule has 0 aliphatic carbocycles. The third-order valence-electron chi connectivity index (χ3n) is 2.00. The van der Waals surface area contributed by atoms with Crippen LogP contribution in [0.2, 0.25) is 5.15 Å². The highest BCUT2D eigenvalue weighted by atomic mass is 35.5. The summed E-state index contributed by atoms with van der Waals surface area (Å²) in [5, 5.41) is 28.5. The largest absolute Gasteiger partial charge is 0.501 e. The summed E-state index contributed by atoms with van der Waals surface area (Å²) in [4.78, 5) is 16.3. The lowest BCUT2D eigenvalue weighted by Gasteiger charge is -2.03. The number of aromatic nitrogens is 2. The third kappa shape index (κ3) is 1.68. The molecule has 7 nitrogen and oxygen atoms in total. The molecular weight excluding hydrogens is 257 g/mol. The first-order valence-electron chi connectivity index (χ1n) is 4.14. The summed E-state index contributed by atoms with van der Waals surface area (Å²) in [5.41, 5.74) is -1.31. The Morgan fingerprint density at radius 1 is 1.41 bits per heavy atom. The molecule has 0 fully saturated rings. The van der Waals surface area contributed by atoms with Gasteiger partial charge in [-0.2, -0.15) is 4.98 Å². The highest BCUT2D eigenvalue weighted by molar-refractivity contribution is 6.30. The Morgan fingerprint density at radius 3 is 2.65 bits per heavy atom. The number of nitro groups is 1. The summed E-state index contributed by atoms with van der Waals surface area (Å²) in [6.07, 6.45) is 0. The molecule has 2 aromatic heterocycles. The molecule has 0 aromatic carbocycles. The normalized spacial score (nSPS) is 10.7. The maximum Gasteiger partial charge on any atom is 0.372 e. The first kappa shape index (κ1) is 11.3. The second kappa shape index (κ2) is 3.67. The Kier molecular flexibility index (Phi) is 2.43. The molecule has 0 radical (unpaired) electrons. The van der Waals surface area contributed by atoms with Gasteiger partial charge in [-0.15, -0.1) is 0 Å². The summed E-state index contributed by atoms with van der Waals surface area (Å²) in [5.74, 6) is -2.90. The summed E-state index contributed by atoms with van der Waals surface area (Å²) >= 11 is 5.37. The van der Waals surface area contributed by atoms with Gasteiger partial charge in [0.05, 0.1) is 10.3 Å². The average Bonchev–Trinajstić information content (AvgIpc) is 2.21. The number of aromatic hydroxyl groups is 2. The van der Waals surface area contributed by atoms with Crippen LogP contribution in [-0.4, -0.2) is 25.1 Å². The number of halogens is 2. The zero-order valence-electron chi connectivity index (χ0n) is 7.89. The lowest BCUT2D eigenvalue weighted by molar-refractivity contribution is -0.387. The van der Waals surface area contributed by atoms with E-state index in [4.69, 9.17) is 11.6 Å². The van der Waals surface area contributed by atoms with E-state index in [0.29, 0.717) is 0 Å². The van der Waals surface area contributed by atoms with Crippen LogP contribution < -0.4 is 0 Å². The first-order chi connectivity index (χ1) is 7.91. The molecule has 0 saturated heterocycles. The van der Waals surface area contributed by atoms with Gasteiger partial charge in [0.25, 0.3) is 5.88 Å². The van der Waals surface area contributed by atoms with E-state index in [1.165, 1.54) is 0 Å². The lowest BCUT2D eigenvalue weighted by Crippen LogP contribution is -1.95. The van der Waals surface area contributed by atoms with Crippen LogP contribution in [0.1, 0.15) is 0 Å². The van der Waals surface area contributed by atoms with Gasteiger partial charge in [-0.05, 0) is 6.07 Å². The second-order valence-electron chi connectivity index (χ2n) is 3.02. The molecular formula is C8H3ClFN3O4. The third-order valence-corrected chi connectivity index (χ3v) is 2.26. The predicted octanol–water partition coefficient (Wildman–Crippen LogP) is 1.74. The SMILES string of the molecule is O=[N+]([O-])c1c(O)nc2nc(Cl)c(F)cc2c1O. The van der Waals surface area contributed by atoms with Crippen LogP contribution in [-0.2, 0) is 0 Å². The molecule has 88 valence electrons. The fraction of sp³-hybridized carbons (Fsp3) is 0. The molecule has 0 aliphatic heterocycles. The minimum Gasteiger partial charge on any atom is -0.501 e.